The fourth-order valence-electron chi connectivity index (χ4n) is 4.75. The number of hydrazone groups is 2. The first-order valence-electron chi connectivity index (χ1n) is 11.4. The number of amides is 1. The van der Waals surface area contributed by atoms with Gasteiger partial charge in [-0.05, 0) is 60.9 Å². The van der Waals surface area contributed by atoms with Crippen molar-refractivity contribution >= 4 is 46.4 Å². The summed E-state index contributed by atoms with van der Waals surface area (Å²) in [4.78, 5) is 24.7. The van der Waals surface area contributed by atoms with Crippen LogP contribution in [-0.2, 0) is 21.4 Å². The molecule has 1 amide bonds. The molecule has 0 radical (unpaired) electrons. The van der Waals surface area contributed by atoms with Gasteiger partial charge in [-0.1, -0.05) is 38.1 Å². The number of anilines is 2. The fraction of sp³-hybridized carbons (Fsp3) is 0.308. The average molecular weight is 491 g/mol. The van der Waals surface area contributed by atoms with Crippen molar-refractivity contribution in [1.29, 1.82) is 0 Å². The zero-order valence-electron chi connectivity index (χ0n) is 19.7. The van der Waals surface area contributed by atoms with E-state index < -0.39 is 5.97 Å². The molecule has 5 rings (SSSR count). The number of fused-ring (bicyclic) bond motifs is 1. The second-order valence-corrected chi connectivity index (χ2v) is 10.8. The summed E-state index contributed by atoms with van der Waals surface area (Å²) >= 11 is 1.20. The molecule has 0 aromatic heterocycles. The molecule has 0 saturated carbocycles. The van der Waals surface area contributed by atoms with Gasteiger partial charge in [0.25, 0.3) is 0 Å². The lowest BCUT2D eigenvalue weighted by Gasteiger charge is -2.21. The van der Waals surface area contributed by atoms with Crippen LogP contribution in [0.5, 0.6) is 5.75 Å². The van der Waals surface area contributed by atoms with Gasteiger partial charge in [-0.3, -0.25) is 10.2 Å². The van der Waals surface area contributed by atoms with Gasteiger partial charge in [-0.15, -0.1) is 11.8 Å². The maximum atomic E-state index is 13.2. The summed E-state index contributed by atoms with van der Waals surface area (Å²) in [5.41, 5.74) is 7.70. The molecule has 2 aromatic rings. The molecule has 3 N–H and O–H groups in total. The Morgan fingerprint density at radius 1 is 1.29 bits per heavy atom. The average Bonchev–Trinajstić information content (AvgIpc) is 3.50. The minimum absolute atomic E-state index is 0.0212. The number of benzene rings is 2. The van der Waals surface area contributed by atoms with Crippen LogP contribution in [0, 0.1) is 0 Å². The number of hydrogen-bond acceptors (Lipinski definition) is 7. The molecule has 0 saturated heterocycles. The molecule has 180 valence electrons. The fourth-order valence-corrected chi connectivity index (χ4v) is 5.86. The van der Waals surface area contributed by atoms with E-state index in [2.05, 4.69) is 35.5 Å². The highest BCUT2D eigenvalue weighted by Crippen LogP contribution is 2.48. The van der Waals surface area contributed by atoms with Crippen molar-refractivity contribution in [1.82, 2.24) is 0 Å². The second kappa shape index (κ2) is 8.57. The van der Waals surface area contributed by atoms with Crippen LogP contribution in [0.2, 0.25) is 0 Å². The van der Waals surface area contributed by atoms with E-state index in [1.54, 1.807) is 31.2 Å². The zero-order valence-corrected chi connectivity index (χ0v) is 20.5. The third kappa shape index (κ3) is 4.10. The van der Waals surface area contributed by atoms with E-state index in [-0.39, 0.29) is 32.9 Å². The van der Waals surface area contributed by atoms with Crippen LogP contribution < -0.4 is 10.4 Å². The van der Waals surface area contributed by atoms with Crippen molar-refractivity contribution in [3.8, 4) is 5.75 Å². The lowest BCUT2D eigenvalue weighted by atomic mass is 9.86. The molecular weight excluding hydrogens is 464 g/mol. The molecule has 2 aromatic carbocycles. The molecule has 0 fully saturated rings. The summed E-state index contributed by atoms with van der Waals surface area (Å²) in [5.74, 6) is -1.33. The van der Waals surface area contributed by atoms with Crippen LogP contribution in [0.25, 0.3) is 0 Å². The molecule has 0 spiro atoms. The number of aliphatic carboxylic acids is 1. The van der Waals surface area contributed by atoms with Gasteiger partial charge >= 0.3 is 11.9 Å². The van der Waals surface area contributed by atoms with Crippen molar-refractivity contribution in [2.45, 2.75) is 50.7 Å². The zero-order chi connectivity index (χ0) is 24.9. The largest absolute Gasteiger partial charge is 0.505 e. The van der Waals surface area contributed by atoms with Crippen molar-refractivity contribution in [3.05, 3.63) is 64.1 Å². The third-order valence-corrected chi connectivity index (χ3v) is 8.10. The first kappa shape index (κ1) is 23.2. The van der Waals surface area contributed by atoms with Crippen LogP contribution in [0.1, 0.15) is 55.6 Å². The van der Waals surface area contributed by atoms with Gasteiger partial charge in [0.1, 0.15) is 5.75 Å². The normalized spacial score (nSPS) is 21.8. The van der Waals surface area contributed by atoms with Crippen LogP contribution >= 0.6 is 11.8 Å². The number of thioether (sulfide) groups is 1. The van der Waals surface area contributed by atoms with Crippen LogP contribution in [-0.4, -0.2) is 33.5 Å². The predicted molar refractivity (Wildman–Crippen MR) is 138 cm³/mol. The summed E-state index contributed by atoms with van der Waals surface area (Å²) in [6.07, 6.45) is 4.27. The number of phenolic OH excluding ortho intramolecular Hbond substituents is 1. The Morgan fingerprint density at radius 2 is 2.09 bits per heavy atom. The Hall–Kier alpha value is -3.59. The highest BCUT2D eigenvalue weighted by Gasteiger charge is 2.34. The summed E-state index contributed by atoms with van der Waals surface area (Å²) in [5, 5.41) is 29.9. The Kier molecular flexibility index (Phi) is 5.67. The van der Waals surface area contributed by atoms with Crippen molar-refractivity contribution in [2.75, 3.05) is 10.4 Å². The number of allylic oxidation sites excluding steroid dienone is 1. The number of aryl methyl sites for hydroxylation is 1. The second-order valence-electron chi connectivity index (χ2n) is 9.56. The number of nitrogens with zero attached hydrogens (tertiary/aromatic N) is 3. The number of carbonyl (C=O) groups is 2. The van der Waals surface area contributed by atoms with Gasteiger partial charge in [0.15, 0.2) is 5.71 Å². The van der Waals surface area contributed by atoms with Gasteiger partial charge in [0, 0.05) is 10.8 Å². The van der Waals surface area contributed by atoms with E-state index in [0.29, 0.717) is 29.1 Å². The highest BCUT2D eigenvalue weighted by molar-refractivity contribution is 8.04. The van der Waals surface area contributed by atoms with E-state index in [4.69, 9.17) is 0 Å². The van der Waals surface area contributed by atoms with Crippen LogP contribution in [0.15, 0.2) is 57.6 Å². The molecule has 3 aliphatic rings. The van der Waals surface area contributed by atoms with E-state index in [0.717, 1.165) is 12.8 Å². The van der Waals surface area contributed by atoms with E-state index in [1.807, 2.05) is 12.1 Å². The Morgan fingerprint density at radius 3 is 2.83 bits per heavy atom. The van der Waals surface area contributed by atoms with Crippen molar-refractivity contribution in [3.63, 3.8) is 0 Å². The summed E-state index contributed by atoms with van der Waals surface area (Å²) in [6.45, 7) is 6.15. The van der Waals surface area contributed by atoms with Gasteiger partial charge in [-0.25, -0.2) is 4.79 Å². The number of carboxylic acid groups (broad SMARTS) is 1. The molecule has 8 nitrogen and oxygen atoms in total. The lowest BCUT2D eigenvalue weighted by Crippen LogP contribution is -2.28. The number of hydrogen-bond donors (Lipinski definition) is 3. The Balaban J connectivity index is 1.35. The quantitative estimate of drug-likeness (QED) is 0.403. The van der Waals surface area contributed by atoms with Gasteiger partial charge in [0.05, 0.1) is 22.0 Å². The monoisotopic (exact) mass is 490 g/mol. The van der Waals surface area contributed by atoms with E-state index in [1.165, 1.54) is 27.9 Å². The molecule has 1 aliphatic carbocycles. The predicted octanol–water partition coefficient (Wildman–Crippen LogP) is 4.95. The molecule has 1 atom stereocenters. The minimum atomic E-state index is -0.969. The maximum absolute atomic E-state index is 13.2. The lowest BCUT2D eigenvalue weighted by molar-refractivity contribution is -0.131. The van der Waals surface area contributed by atoms with E-state index >= 15 is 0 Å². The van der Waals surface area contributed by atoms with Crippen molar-refractivity contribution in [2.24, 2.45) is 10.2 Å². The number of carbonyl (C=O) groups excluding carboxylic acids is 1. The number of rotatable bonds is 5. The number of nitrogens with one attached hydrogen (secondary N) is 1. The smallest absolute Gasteiger partial charge is 0.341 e. The summed E-state index contributed by atoms with van der Waals surface area (Å²) < 4.78 is 0. The maximum Gasteiger partial charge on any atom is 0.341 e. The number of carboxylic acids is 1. The van der Waals surface area contributed by atoms with Crippen LogP contribution in [0.4, 0.5) is 11.4 Å². The SMILES string of the molecule is CC1=NN(c2ccc3c(c2)C(C)(C)CC3)C(=O)/C1=N\Nc1cccc(C2CC=C(C(=O)O)S2)c1O. The molecule has 2 aliphatic heterocycles. The standard InChI is InChI=1S/C26H26N4O4S/c1-14-22(24(32)30(29-14)16-8-7-15-11-12-26(2,3)18(15)13-16)28-27-19-6-4-5-17(23(19)31)20-9-10-21(35-20)25(33)34/h4-8,10,13,20,27,31H,9,11-12H2,1-3H3,(H,33,34)/b28-22-. The molecule has 35 heavy (non-hydrogen) atoms. The summed E-state index contributed by atoms with van der Waals surface area (Å²) in [7, 11) is 0. The first-order valence-corrected chi connectivity index (χ1v) is 12.3. The van der Waals surface area contributed by atoms with Crippen LogP contribution in [0.3, 0.4) is 0 Å². The topological polar surface area (TPSA) is 115 Å². The highest BCUT2D eigenvalue weighted by atomic mass is 32.2. The first-order chi connectivity index (χ1) is 16.7. The molecule has 0 bridgehead atoms. The molecule has 2 heterocycles. The van der Waals surface area contributed by atoms with Gasteiger partial charge in [0.2, 0.25) is 0 Å². The number of aromatic hydroxyl groups is 1. The van der Waals surface area contributed by atoms with Gasteiger partial charge in [-0.2, -0.15) is 15.2 Å². The minimum Gasteiger partial charge on any atom is -0.505 e. The van der Waals surface area contributed by atoms with Crippen molar-refractivity contribution < 1.29 is 19.8 Å². The Bertz CT molecular complexity index is 1340. The Labute approximate surface area is 207 Å². The molecular formula is C26H26N4O4S. The number of phenols is 1. The van der Waals surface area contributed by atoms with E-state index in [9.17, 15) is 19.8 Å². The molecule has 9 heteroatoms. The number of para-hydroxylation sites is 1. The third-order valence-electron chi connectivity index (χ3n) is 6.77. The molecule has 1 unspecified atom stereocenters. The summed E-state index contributed by atoms with van der Waals surface area (Å²) in [6, 6.07) is 11.2. The van der Waals surface area contributed by atoms with Gasteiger partial charge < -0.3 is 10.2 Å².